The van der Waals surface area contributed by atoms with E-state index >= 15 is 0 Å². The van der Waals surface area contributed by atoms with E-state index in [9.17, 15) is 8.78 Å². The fourth-order valence-electron chi connectivity index (χ4n) is 2.22. The van der Waals surface area contributed by atoms with Crippen molar-refractivity contribution in [2.45, 2.75) is 39.5 Å². The topological polar surface area (TPSA) is 21.3 Å². The van der Waals surface area contributed by atoms with Crippen LogP contribution in [0, 0.1) is 0 Å². The number of alkyl halides is 2. The number of nitrogens with one attached hydrogen (secondary N) is 1. The smallest absolute Gasteiger partial charge is 0.387 e. The maximum Gasteiger partial charge on any atom is 0.387 e. The molecule has 1 N–H and O–H groups in total. The summed E-state index contributed by atoms with van der Waals surface area (Å²) < 4.78 is 28.5. The number of hydrogen-bond donors (Lipinski definition) is 1. The van der Waals surface area contributed by atoms with Crippen molar-refractivity contribution in [3.05, 3.63) is 65.2 Å². The van der Waals surface area contributed by atoms with E-state index in [1.54, 1.807) is 24.3 Å². The van der Waals surface area contributed by atoms with Gasteiger partial charge in [-0.2, -0.15) is 8.78 Å². The van der Waals surface area contributed by atoms with Crippen LogP contribution in [0.15, 0.2) is 48.5 Å². The Bertz CT molecular complexity index is 567. The molecule has 1 atom stereocenters. The lowest BCUT2D eigenvalue weighted by Gasteiger charge is -2.15. The molecular formula is C18H21F2NO. The number of ether oxygens (including phenoxy) is 1. The zero-order chi connectivity index (χ0) is 15.9. The lowest BCUT2D eigenvalue weighted by atomic mass is 10.0. The first-order chi connectivity index (χ1) is 10.6. The SMILES string of the molecule is CCc1ccc(C(C)NCc2ccc(OC(F)F)cc2)cc1. The zero-order valence-electron chi connectivity index (χ0n) is 12.9. The van der Waals surface area contributed by atoms with E-state index in [0.29, 0.717) is 6.54 Å². The first-order valence-electron chi connectivity index (χ1n) is 7.44. The molecule has 0 aliphatic rings. The van der Waals surface area contributed by atoms with Gasteiger partial charge in [0.2, 0.25) is 0 Å². The van der Waals surface area contributed by atoms with Crippen LogP contribution in [0.3, 0.4) is 0 Å². The van der Waals surface area contributed by atoms with Crippen LogP contribution in [0.4, 0.5) is 8.78 Å². The largest absolute Gasteiger partial charge is 0.435 e. The Hall–Kier alpha value is -1.94. The van der Waals surface area contributed by atoms with Gasteiger partial charge >= 0.3 is 6.61 Å². The van der Waals surface area contributed by atoms with Crippen LogP contribution in [0.2, 0.25) is 0 Å². The molecule has 0 saturated carbocycles. The summed E-state index contributed by atoms with van der Waals surface area (Å²) in [4.78, 5) is 0. The number of hydrogen-bond acceptors (Lipinski definition) is 2. The Labute approximate surface area is 130 Å². The first-order valence-corrected chi connectivity index (χ1v) is 7.44. The highest BCUT2D eigenvalue weighted by Crippen LogP contribution is 2.17. The van der Waals surface area contributed by atoms with E-state index < -0.39 is 6.61 Å². The van der Waals surface area contributed by atoms with E-state index in [4.69, 9.17) is 0 Å². The van der Waals surface area contributed by atoms with Crippen molar-refractivity contribution in [2.24, 2.45) is 0 Å². The molecule has 0 aliphatic carbocycles. The zero-order valence-corrected chi connectivity index (χ0v) is 12.9. The second-order valence-corrected chi connectivity index (χ2v) is 5.22. The average molecular weight is 305 g/mol. The van der Waals surface area contributed by atoms with Crippen molar-refractivity contribution in [3.63, 3.8) is 0 Å². The summed E-state index contributed by atoms with van der Waals surface area (Å²) in [7, 11) is 0. The van der Waals surface area contributed by atoms with Crippen molar-refractivity contribution >= 4 is 0 Å². The highest BCUT2D eigenvalue weighted by molar-refractivity contribution is 5.28. The fraction of sp³-hybridized carbons (Fsp3) is 0.333. The molecule has 0 saturated heterocycles. The van der Waals surface area contributed by atoms with Crippen molar-refractivity contribution in [3.8, 4) is 5.75 Å². The summed E-state index contributed by atoms with van der Waals surface area (Å²) in [6.45, 7) is 2.13. The van der Waals surface area contributed by atoms with Crippen LogP contribution in [0.1, 0.15) is 36.6 Å². The molecule has 4 heteroatoms. The Kier molecular flexibility index (Phi) is 5.90. The molecule has 1 unspecified atom stereocenters. The van der Waals surface area contributed by atoms with Gasteiger partial charge in [0, 0.05) is 12.6 Å². The lowest BCUT2D eigenvalue weighted by Crippen LogP contribution is -2.18. The summed E-state index contributed by atoms with van der Waals surface area (Å²) in [5, 5.41) is 3.42. The van der Waals surface area contributed by atoms with Gasteiger partial charge in [0.25, 0.3) is 0 Å². The van der Waals surface area contributed by atoms with E-state index in [2.05, 4.69) is 48.2 Å². The van der Waals surface area contributed by atoms with Gasteiger partial charge in [-0.25, -0.2) is 0 Å². The Morgan fingerprint density at radius 3 is 2.09 bits per heavy atom. The molecule has 0 spiro atoms. The molecule has 2 rings (SSSR count). The molecule has 2 nitrogen and oxygen atoms in total. The van der Waals surface area contributed by atoms with Gasteiger partial charge in [-0.05, 0) is 42.2 Å². The van der Waals surface area contributed by atoms with Crippen LogP contribution >= 0.6 is 0 Å². The molecule has 22 heavy (non-hydrogen) atoms. The molecule has 2 aromatic carbocycles. The third-order valence-corrected chi connectivity index (χ3v) is 3.65. The van der Waals surface area contributed by atoms with Crippen LogP contribution < -0.4 is 10.1 Å². The van der Waals surface area contributed by atoms with E-state index in [1.165, 1.54) is 11.1 Å². The number of rotatable bonds is 7. The van der Waals surface area contributed by atoms with Crippen LogP contribution in [-0.4, -0.2) is 6.61 Å². The molecule has 0 aliphatic heterocycles. The lowest BCUT2D eigenvalue weighted by molar-refractivity contribution is -0.0498. The molecule has 2 aromatic rings. The predicted molar refractivity (Wildman–Crippen MR) is 84.1 cm³/mol. The standard InChI is InChI=1S/C18H21F2NO/c1-3-14-4-8-16(9-5-14)13(2)21-12-15-6-10-17(11-7-15)22-18(19)20/h4-11,13,18,21H,3,12H2,1-2H3. The summed E-state index contributed by atoms with van der Waals surface area (Å²) in [6.07, 6.45) is 1.04. The van der Waals surface area contributed by atoms with Crippen molar-refractivity contribution in [1.29, 1.82) is 0 Å². The molecule has 0 amide bonds. The summed E-state index contributed by atoms with van der Waals surface area (Å²) >= 11 is 0. The molecule has 0 heterocycles. The minimum absolute atomic E-state index is 0.182. The van der Waals surface area contributed by atoms with Gasteiger partial charge in [-0.15, -0.1) is 0 Å². The summed E-state index contributed by atoms with van der Waals surface area (Å²) in [6, 6.07) is 15.5. The van der Waals surface area contributed by atoms with Gasteiger partial charge in [0.15, 0.2) is 0 Å². The minimum Gasteiger partial charge on any atom is -0.435 e. The van der Waals surface area contributed by atoms with Crippen LogP contribution in [0.5, 0.6) is 5.75 Å². The summed E-state index contributed by atoms with van der Waals surface area (Å²) in [5.41, 5.74) is 3.58. The third-order valence-electron chi connectivity index (χ3n) is 3.65. The number of aryl methyl sites for hydroxylation is 1. The van der Waals surface area contributed by atoms with Crippen molar-refractivity contribution in [1.82, 2.24) is 5.32 Å². The van der Waals surface area contributed by atoms with Crippen LogP contribution in [-0.2, 0) is 13.0 Å². The molecular weight excluding hydrogens is 284 g/mol. The monoisotopic (exact) mass is 305 g/mol. The van der Waals surface area contributed by atoms with E-state index in [0.717, 1.165) is 12.0 Å². The van der Waals surface area contributed by atoms with Crippen molar-refractivity contribution < 1.29 is 13.5 Å². The maximum absolute atomic E-state index is 12.1. The number of benzene rings is 2. The molecule has 0 radical (unpaired) electrons. The molecule has 0 fully saturated rings. The highest BCUT2D eigenvalue weighted by Gasteiger charge is 2.06. The van der Waals surface area contributed by atoms with Crippen molar-refractivity contribution in [2.75, 3.05) is 0 Å². The first kappa shape index (κ1) is 16.4. The Morgan fingerprint density at radius 2 is 1.55 bits per heavy atom. The molecule has 118 valence electrons. The van der Waals surface area contributed by atoms with Gasteiger partial charge in [0.05, 0.1) is 0 Å². The quantitative estimate of drug-likeness (QED) is 0.800. The Morgan fingerprint density at radius 1 is 0.955 bits per heavy atom. The van der Waals surface area contributed by atoms with Gasteiger partial charge < -0.3 is 10.1 Å². The van der Waals surface area contributed by atoms with Gasteiger partial charge in [-0.3, -0.25) is 0 Å². The second kappa shape index (κ2) is 7.90. The Balaban J connectivity index is 1.88. The highest BCUT2D eigenvalue weighted by atomic mass is 19.3. The van der Waals surface area contributed by atoms with Crippen LogP contribution in [0.25, 0.3) is 0 Å². The predicted octanol–water partition coefficient (Wildman–Crippen LogP) is 4.70. The second-order valence-electron chi connectivity index (χ2n) is 5.22. The third kappa shape index (κ3) is 4.81. The van der Waals surface area contributed by atoms with Gasteiger partial charge in [-0.1, -0.05) is 43.3 Å². The molecule has 0 aromatic heterocycles. The van der Waals surface area contributed by atoms with E-state index in [1.807, 2.05) is 0 Å². The molecule has 0 bridgehead atoms. The van der Waals surface area contributed by atoms with Gasteiger partial charge in [0.1, 0.15) is 5.75 Å². The summed E-state index contributed by atoms with van der Waals surface area (Å²) in [5.74, 6) is 0.182. The average Bonchev–Trinajstić information content (AvgIpc) is 2.53. The normalized spacial score (nSPS) is 12.4. The number of halogens is 2. The van der Waals surface area contributed by atoms with E-state index in [-0.39, 0.29) is 11.8 Å². The fourth-order valence-corrected chi connectivity index (χ4v) is 2.22. The maximum atomic E-state index is 12.1. The minimum atomic E-state index is -2.78.